The minimum absolute atomic E-state index is 0.116. The van der Waals surface area contributed by atoms with Gasteiger partial charge in [-0.25, -0.2) is 4.98 Å². The molecule has 0 spiro atoms. The molecule has 0 radical (unpaired) electrons. The smallest absolute Gasteiger partial charge is 0.153 e. The number of hydrogen-bond acceptors (Lipinski definition) is 4. The van der Waals surface area contributed by atoms with Gasteiger partial charge in [0.1, 0.15) is 11.5 Å². The van der Waals surface area contributed by atoms with Gasteiger partial charge in [0, 0.05) is 11.3 Å². The van der Waals surface area contributed by atoms with Crippen molar-refractivity contribution in [1.29, 1.82) is 0 Å². The summed E-state index contributed by atoms with van der Waals surface area (Å²) >= 11 is 1.58. The summed E-state index contributed by atoms with van der Waals surface area (Å²) < 4.78 is 5.54. The molecule has 4 heteroatoms. The number of thiazole rings is 1. The predicted molar refractivity (Wildman–Crippen MR) is 69.2 cm³/mol. The van der Waals surface area contributed by atoms with Crippen LogP contribution in [-0.4, -0.2) is 16.7 Å². The molecule has 3 nitrogen and oxygen atoms in total. The van der Waals surface area contributed by atoms with Gasteiger partial charge < -0.3 is 9.52 Å². The van der Waals surface area contributed by atoms with Crippen LogP contribution >= 0.6 is 11.3 Å². The second-order valence-corrected chi connectivity index (χ2v) is 5.40. The van der Waals surface area contributed by atoms with Crippen molar-refractivity contribution in [1.82, 2.24) is 4.98 Å². The lowest BCUT2D eigenvalue weighted by atomic mass is 9.98. The highest BCUT2D eigenvalue weighted by molar-refractivity contribution is 7.10. The van der Waals surface area contributed by atoms with Crippen molar-refractivity contribution in [2.75, 3.05) is 6.61 Å². The van der Waals surface area contributed by atoms with Crippen LogP contribution in [0.5, 0.6) is 0 Å². The van der Waals surface area contributed by atoms with Crippen molar-refractivity contribution in [3.63, 3.8) is 0 Å². The summed E-state index contributed by atoms with van der Waals surface area (Å²) in [6, 6.07) is 3.86. The highest BCUT2D eigenvalue weighted by Crippen LogP contribution is 2.30. The highest BCUT2D eigenvalue weighted by atomic mass is 32.1. The van der Waals surface area contributed by atoms with Gasteiger partial charge in [0.05, 0.1) is 11.6 Å². The molecule has 0 aliphatic carbocycles. The number of aromatic nitrogens is 1. The summed E-state index contributed by atoms with van der Waals surface area (Å²) in [5.74, 6) is 2.18. The second-order valence-electron chi connectivity index (χ2n) is 4.51. The van der Waals surface area contributed by atoms with E-state index < -0.39 is 0 Å². The first-order valence-corrected chi connectivity index (χ1v) is 6.63. The molecule has 0 fully saturated rings. The fourth-order valence-electron chi connectivity index (χ4n) is 1.72. The molecule has 2 heterocycles. The first-order chi connectivity index (χ1) is 8.11. The Kier molecular flexibility index (Phi) is 3.64. The molecule has 0 bridgehead atoms. The van der Waals surface area contributed by atoms with Crippen molar-refractivity contribution in [2.24, 2.45) is 5.92 Å². The molecule has 92 valence electrons. The average molecular weight is 251 g/mol. The molecule has 0 saturated carbocycles. The molecule has 1 atom stereocenters. The zero-order chi connectivity index (χ0) is 12.4. The summed E-state index contributed by atoms with van der Waals surface area (Å²) in [5, 5.41) is 12.3. The maximum Gasteiger partial charge on any atom is 0.153 e. The van der Waals surface area contributed by atoms with Crippen molar-refractivity contribution < 1.29 is 9.52 Å². The molecular formula is C13H17NO2S. The second kappa shape index (κ2) is 5.02. The Balaban J connectivity index is 2.26. The molecule has 0 aliphatic heterocycles. The quantitative estimate of drug-likeness (QED) is 0.905. The van der Waals surface area contributed by atoms with Crippen LogP contribution in [0.2, 0.25) is 0 Å². The minimum Gasteiger partial charge on any atom is -0.460 e. The van der Waals surface area contributed by atoms with E-state index in [0.29, 0.717) is 5.92 Å². The summed E-state index contributed by atoms with van der Waals surface area (Å²) in [7, 11) is 0. The number of rotatable bonds is 4. The molecule has 0 amide bonds. The highest BCUT2D eigenvalue weighted by Gasteiger charge is 2.19. The summed E-state index contributed by atoms with van der Waals surface area (Å²) in [4.78, 5) is 4.55. The molecule has 0 aliphatic rings. The molecule has 2 aromatic heterocycles. The Morgan fingerprint density at radius 2 is 2.18 bits per heavy atom. The zero-order valence-electron chi connectivity index (χ0n) is 10.3. The van der Waals surface area contributed by atoms with Gasteiger partial charge >= 0.3 is 0 Å². The fourth-order valence-corrected chi connectivity index (χ4v) is 2.79. The number of aliphatic hydroxyl groups excluding tert-OH is 1. The third kappa shape index (κ3) is 2.58. The van der Waals surface area contributed by atoms with E-state index >= 15 is 0 Å². The Bertz CT molecular complexity index is 487. The van der Waals surface area contributed by atoms with Crippen LogP contribution in [-0.2, 0) is 0 Å². The van der Waals surface area contributed by atoms with Gasteiger partial charge in [-0.2, -0.15) is 0 Å². The van der Waals surface area contributed by atoms with E-state index in [1.807, 2.05) is 24.4 Å². The van der Waals surface area contributed by atoms with Crippen molar-refractivity contribution in [2.45, 2.75) is 26.7 Å². The van der Waals surface area contributed by atoms with Crippen molar-refractivity contribution in [3.8, 4) is 11.5 Å². The van der Waals surface area contributed by atoms with E-state index in [2.05, 4.69) is 18.8 Å². The fraction of sp³-hybridized carbons (Fsp3) is 0.462. The third-order valence-electron chi connectivity index (χ3n) is 2.83. The lowest BCUT2D eigenvalue weighted by Crippen LogP contribution is -2.10. The monoisotopic (exact) mass is 251 g/mol. The third-order valence-corrected chi connectivity index (χ3v) is 3.81. The van der Waals surface area contributed by atoms with Gasteiger partial charge in [-0.3, -0.25) is 0 Å². The van der Waals surface area contributed by atoms with Crippen LogP contribution in [0.3, 0.4) is 0 Å². The molecule has 0 aromatic carbocycles. The van der Waals surface area contributed by atoms with E-state index in [9.17, 15) is 5.11 Å². The summed E-state index contributed by atoms with van der Waals surface area (Å²) in [6.07, 6.45) is 0. The normalized spacial score (nSPS) is 13.2. The molecule has 17 heavy (non-hydrogen) atoms. The van der Waals surface area contributed by atoms with Crippen LogP contribution in [0.25, 0.3) is 11.5 Å². The average Bonchev–Trinajstić information content (AvgIpc) is 2.87. The van der Waals surface area contributed by atoms with Crippen LogP contribution < -0.4 is 0 Å². The first kappa shape index (κ1) is 12.3. The minimum atomic E-state index is 0.116. The van der Waals surface area contributed by atoms with E-state index in [1.54, 1.807) is 11.3 Å². The van der Waals surface area contributed by atoms with Gasteiger partial charge in [0.25, 0.3) is 0 Å². The van der Waals surface area contributed by atoms with Crippen LogP contribution in [0.1, 0.15) is 30.5 Å². The summed E-state index contributed by atoms with van der Waals surface area (Å²) in [5.41, 5.74) is 0.859. The molecule has 1 N–H and O–H groups in total. The Labute approximate surface area is 105 Å². The van der Waals surface area contributed by atoms with Crippen LogP contribution in [0, 0.1) is 12.8 Å². The van der Waals surface area contributed by atoms with Gasteiger partial charge in [-0.15, -0.1) is 11.3 Å². The van der Waals surface area contributed by atoms with E-state index in [1.165, 1.54) is 0 Å². The van der Waals surface area contributed by atoms with Crippen LogP contribution in [0.15, 0.2) is 21.9 Å². The lowest BCUT2D eigenvalue weighted by molar-refractivity contribution is 0.237. The van der Waals surface area contributed by atoms with Crippen molar-refractivity contribution in [3.05, 3.63) is 28.3 Å². The molecular weight excluding hydrogens is 234 g/mol. The zero-order valence-corrected chi connectivity index (χ0v) is 11.1. The number of nitrogens with zero attached hydrogens (tertiary/aromatic N) is 1. The Morgan fingerprint density at radius 1 is 1.41 bits per heavy atom. The van der Waals surface area contributed by atoms with Gasteiger partial charge in [-0.05, 0) is 25.0 Å². The molecule has 0 saturated heterocycles. The number of furan rings is 1. The summed E-state index contributed by atoms with van der Waals surface area (Å²) in [6.45, 7) is 6.25. The SMILES string of the molecule is Cc1ccc(-c2csc(C(CO)C(C)C)n2)o1. The molecule has 2 aromatic rings. The number of aryl methyl sites for hydroxylation is 1. The van der Waals surface area contributed by atoms with Crippen molar-refractivity contribution >= 4 is 11.3 Å². The van der Waals surface area contributed by atoms with E-state index in [4.69, 9.17) is 4.42 Å². The number of hydrogen-bond donors (Lipinski definition) is 1. The number of aliphatic hydroxyl groups is 1. The predicted octanol–water partition coefficient (Wildman–Crippen LogP) is 3.44. The maximum atomic E-state index is 9.38. The van der Waals surface area contributed by atoms with Gasteiger partial charge in [-0.1, -0.05) is 13.8 Å². The Morgan fingerprint density at radius 3 is 2.71 bits per heavy atom. The largest absolute Gasteiger partial charge is 0.460 e. The lowest BCUT2D eigenvalue weighted by Gasteiger charge is -2.14. The van der Waals surface area contributed by atoms with Crippen LogP contribution in [0.4, 0.5) is 0 Å². The molecule has 1 unspecified atom stereocenters. The molecule has 2 rings (SSSR count). The first-order valence-electron chi connectivity index (χ1n) is 5.75. The van der Waals surface area contributed by atoms with Gasteiger partial charge in [0.15, 0.2) is 5.76 Å². The van der Waals surface area contributed by atoms with E-state index in [-0.39, 0.29) is 12.5 Å². The Hall–Kier alpha value is -1.13. The van der Waals surface area contributed by atoms with E-state index in [0.717, 1.165) is 22.2 Å². The van der Waals surface area contributed by atoms with Gasteiger partial charge in [0.2, 0.25) is 0 Å². The standard InChI is InChI=1S/C13H17NO2S/c1-8(2)10(6-15)13-14-11(7-17-13)12-5-4-9(3)16-12/h4-5,7-8,10,15H,6H2,1-3H3. The maximum absolute atomic E-state index is 9.38. The topological polar surface area (TPSA) is 46.3 Å².